The zero-order valence-electron chi connectivity index (χ0n) is 12.3. The highest BCUT2D eigenvalue weighted by Crippen LogP contribution is 2.21. The number of H-pyrrole nitrogens is 1. The van der Waals surface area contributed by atoms with Crippen LogP contribution >= 0.6 is 0 Å². The van der Waals surface area contributed by atoms with Crippen LogP contribution in [0.3, 0.4) is 0 Å². The first kappa shape index (κ1) is 15.2. The molecular formula is C16H16FN3O3. The Morgan fingerprint density at radius 2 is 2.04 bits per heavy atom. The number of rotatable bonds is 3. The fourth-order valence-electron chi connectivity index (χ4n) is 2.73. The molecule has 1 fully saturated rings. The number of halogens is 1. The Balaban J connectivity index is 1.75. The fourth-order valence-corrected chi connectivity index (χ4v) is 2.73. The molecular weight excluding hydrogens is 301 g/mol. The normalized spacial score (nSPS) is 18.0. The average Bonchev–Trinajstić information content (AvgIpc) is 3.05. The van der Waals surface area contributed by atoms with Gasteiger partial charge in [-0.15, -0.1) is 0 Å². The van der Waals surface area contributed by atoms with Crippen LogP contribution in [0, 0.1) is 11.7 Å². The van der Waals surface area contributed by atoms with E-state index in [0.29, 0.717) is 36.3 Å². The van der Waals surface area contributed by atoms with E-state index < -0.39 is 11.9 Å². The van der Waals surface area contributed by atoms with E-state index in [0.717, 1.165) is 0 Å². The van der Waals surface area contributed by atoms with Gasteiger partial charge in [0, 0.05) is 18.7 Å². The summed E-state index contributed by atoms with van der Waals surface area (Å²) in [6.45, 7) is 0.743. The highest BCUT2D eigenvalue weighted by Gasteiger charge is 2.29. The molecule has 1 unspecified atom stereocenters. The van der Waals surface area contributed by atoms with Gasteiger partial charge in [0.2, 0.25) is 0 Å². The van der Waals surface area contributed by atoms with Crippen molar-refractivity contribution in [3.05, 3.63) is 41.8 Å². The molecule has 23 heavy (non-hydrogen) atoms. The van der Waals surface area contributed by atoms with Crippen LogP contribution in [0.4, 0.5) is 4.39 Å². The van der Waals surface area contributed by atoms with E-state index in [1.165, 1.54) is 17.0 Å². The summed E-state index contributed by atoms with van der Waals surface area (Å²) < 4.78 is 12.9. The second-order valence-electron chi connectivity index (χ2n) is 5.60. The highest BCUT2D eigenvalue weighted by atomic mass is 19.1. The first-order chi connectivity index (χ1) is 11.0. The van der Waals surface area contributed by atoms with Gasteiger partial charge < -0.3 is 10.0 Å². The maximum atomic E-state index is 12.9. The monoisotopic (exact) mass is 317 g/mol. The van der Waals surface area contributed by atoms with E-state index >= 15 is 0 Å². The van der Waals surface area contributed by atoms with Crippen molar-refractivity contribution in [1.29, 1.82) is 0 Å². The predicted octanol–water partition coefficient (Wildman–Crippen LogP) is 2.15. The Labute approximate surface area is 131 Å². The van der Waals surface area contributed by atoms with E-state index in [1.54, 1.807) is 18.2 Å². The van der Waals surface area contributed by atoms with Gasteiger partial charge in [0.25, 0.3) is 5.91 Å². The van der Waals surface area contributed by atoms with Gasteiger partial charge in [-0.05, 0) is 43.2 Å². The highest BCUT2D eigenvalue weighted by molar-refractivity contribution is 5.93. The van der Waals surface area contributed by atoms with Gasteiger partial charge in [0.15, 0.2) is 0 Å². The molecule has 0 aliphatic carbocycles. The average molecular weight is 317 g/mol. The van der Waals surface area contributed by atoms with E-state index in [-0.39, 0.29) is 18.3 Å². The van der Waals surface area contributed by atoms with Crippen molar-refractivity contribution in [2.24, 2.45) is 5.92 Å². The number of aromatic nitrogens is 2. The van der Waals surface area contributed by atoms with Crippen molar-refractivity contribution in [2.45, 2.75) is 12.8 Å². The van der Waals surface area contributed by atoms with E-state index in [9.17, 15) is 14.0 Å². The van der Waals surface area contributed by atoms with E-state index in [1.807, 2.05) is 0 Å². The lowest BCUT2D eigenvalue weighted by Crippen LogP contribution is -2.42. The summed E-state index contributed by atoms with van der Waals surface area (Å²) in [6.07, 6.45) is 1.25. The Kier molecular flexibility index (Phi) is 4.10. The number of carboxylic acid groups (broad SMARTS) is 1. The molecule has 1 aromatic heterocycles. The third-order valence-electron chi connectivity index (χ3n) is 4.01. The number of aliphatic carboxylic acids is 1. The molecule has 0 spiro atoms. The lowest BCUT2D eigenvalue weighted by Gasteiger charge is -2.30. The molecule has 0 saturated carbocycles. The van der Waals surface area contributed by atoms with Gasteiger partial charge >= 0.3 is 5.97 Å². The molecule has 120 valence electrons. The molecule has 2 heterocycles. The predicted molar refractivity (Wildman–Crippen MR) is 80.2 cm³/mol. The minimum Gasteiger partial charge on any atom is -0.481 e. The zero-order chi connectivity index (χ0) is 16.4. The maximum absolute atomic E-state index is 12.9. The van der Waals surface area contributed by atoms with E-state index in [2.05, 4.69) is 10.2 Å². The summed E-state index contributed by atoms with van der Waals surface area (Å²) in [6, 6.07) is 7.42. The van der Waals surface area contributed by atoms with Crippen LogP contribution in [-0.2, 0) is 4.79 Å². The van der Waals surface area contributed by atoms with Gasteiger partial charge in [-0.1, -0.05) is 0 Å². The SMILES string of the molecule is O=C(O)C1CCCN(C(=O)c2cc(-c3ccc(F)cc3)n[nH]2)C1. The minimum absolute atomic E-state index is 0.207. The van der Waals surface area contributed by atoms with Crippen molar-refractivity contribution in [3.63, 3.8) is 0 Å². The lowest BCUT2D eigenvalue weighted by molar-refractivity contribution is -0.143. The standard InChI is InChI=1S/C16H16FN3O3/c17-12-5-3-10(4-6-12)13-8-14(19-18-13)15(21)20-7-1-2-11(9-20)16(22)23/h3-6,8,11H,1-2,7,9H2,(H,18,19)(H,22,23). The summed E-state index contributed by atoms with van der Waals surface area (Å²) in [4.78, 5) is 25.1. The van der Waals surface area contributed by atoms with Crippen molar-refractivity contribution in [2.75, 3.05) is 13.1 Å². The van der Waals surface area contributed by atoms with Crippen LogP contribution in [0.5, 0.6) is 0 Å². The second kappa shape index (κ2) is 6.20. The number of hydrogen-bond acceptors (Lipinski definition) is 3. The van der Waals surface area contributed by atoms with Gasteiger partial charge in [-0.25, -0.2) is 4.39 Å². The number of carbonyl (C=O) groups excluding carboxylic acids is 1. The third kappa shape index (κ3) is 3.23. The number of piperidine rings is 1. The molecule has 7 heteroatoms. The number of carbonyl (C=O) groups is 2. The topological polar surface area (TPSA) is 86.3 Å². The molecule has 1 aliphatic heterocycles. The molecule has 1 saturated heterocycles. The molecule has 2 N–H and O–H groups in total. The minimum atomic E-state index is -0.876. The Morgan fingerprint density at radius 3 is 2.74 bits per heavy atom. The van der Waals surface area contributed by atoms with Crippen molar-refractivity contribution < 1.29 is 19.1 Å². The van der Waals surface area contributed by atoms with Crippen molar-refractivity contribution in [3.8, 4) is 11.3 Å². The lowest BCUT2D eigenvalue weighted by atomic mass is 9.98. The quantitative estimate of drug-likeness (QED) is 0.908. The molecule has 1 aromatic carbocycles. The maximum Gasteiger partial charge on any atom is 0.308 e. The van der Waals surface area contributed by atoms with E-state index in [4.69, 9.17) is 5.11 Å². The molecule has 6 nitrogen and oxygen atoms in total. The summed E-state index contributed by atoms with van der Waals surface area (Å²) in [7, 11) is 0. The summed E-state index contributed by atoms with van der Waals surface area (Å²) in [5, 5.41) is 15.8. The van der Waals surface area contributed by atoms with Gasteiger partial charge in [0.1, 0.15) is 11.5 Å². The number of carboxylic acids is 1. The van der Waals surface area contributed by atoms with Crippen LogP contribution < -0.4 is 0 Å². The van der Waals surface area contributed by atoms with Crippen molar-refractivity contribution >= 4 is 11.9 Å². The Morgan fingerprint density at radius 1 is 1.30 bits per heavy atom. The van der Waals surface area contributed by atoms with Crippen LogP contribution in [0.1, 0.15) is 23.3 Å². The zero-order valence-corrected chi connectivity index (χ0v) is 12.3. The van der Waals surface area contributed by atoms with Gasteiger partial charge in [-0.2, -0.15) is 5.10 Å². The summed E-state index contributed by atoms with van der Waals surface area (Å²) >= 11 is 0. The van der Waals surface area contributed by atoms with Crippen LogP contribution in [0.25, 0.3) is 11.3 Å². The van der Waals surface area contributed by atoms with Crippen LogP contribution in [-0.4, -0.2) is 45.2 Å². The van der Waals surface area contributed by atoms with Gasteiger partial charge in [0.05, 0.1) is 11.6 Å². The molecule has 1 aliphatic rings. The summed E-state index contributed by atoms with van der Waals surface area (Å²) in [5.41, 5.74) is 1.54. The molecule has 0 bridgehead atoms. The molecule has 1 atom stereocenters. The number of nitrogens with one attached hydrogen (secondary N) is 1. The molecule has 0 radical (unpaired) electrons. The van der Waals surface area contributed by atoms with Crippen molar-refractivity contribution in [1.82, 2.24) is 15.1 Å². The number of benzene rings is 1. The van der Waals surface area contributed by atoms with Gasteiger partial charge in [-0.3, -0.25) is 14.7 Å². The number of nitrogens with zero attached hydrogens (tertiary/aromatic N) is 2. The molecule has 1 amide bonds. The first-order valence-electron chi connectivity index (χ1n) is 7.38. The number of aromatic amines is 1. The smallest absolute Gasteiger partial charge is 0.308 e. The first-order valence-corrected chi connectivity index (χ1v) is 7.38. The number of likely N-dealkylation sites (tertiary alicyclic amines) is 1. The largest absolute Gasteiger partial charge is 0.481 e. The molecule has 2 aromatic rings. The molecule has 3 rings (SSSR count). The second-order valence-corrected chi connectivity index (χ2v) is 5.60. The Bertz CT molecular complexity index is 726. The van der Waals surface area contributed by atoms with Crippen LogP contribution in [0.2, 0.25) is 0 Å². The summed E-state index contributed by atoms with van der Waals surface area (Å²) in [5.74, 6) is -2.00. The third-order valence-corrected chi connectivity index (χ3v) is 4.01. The number of hydrogen-bond donors (Lipinski definition) is 2. The number of amides is 1. The fraction of sp³-hybridized carbons (Fsp3) is 0.312. The Hall–Kier alpha value is -2.70. The van der Waals surface area contributed by atoms with Crippen LogP contribution in [0.15, 0.2) is 30.3 Å².